The lowest BCUT2D eigenvalue weighted by molar-refractivity contribution is 0.493. The number of nitrogens with zero attached hydrogens (tertiary/aromatic N) is 5. The highest BCUT2D eigenvalue weighted by atomic mass is 19.1. The van der Waals surface area contributed by atoms with E-state index in [1.807, 2.05) is 25.7 Å². The highest BCUT2D eigenvalue weighted by Gasteiger charge is 2.27. The molecule has 0 aliphatic carbocycles. The van der Waals surface area contributed by atoms with E-state index < -0.39 is 5.95 Å². The highest BCUT2D eigenvalue weighted by molar-refractivity contribution is 5.49. The van der Waals surface area contributed by atoms with Crippen molar-refractivity contribution in [3.05, 3.63) is 42.1 Å². The molecule has 0 spiro atoms. The van der Waals surface area contributed by atoms with Crippen LogP contribution in [0, 0.1) is 11.8 Å². The molecule has 3 heterocycles. The summed E-state index contributed by atoms with van der Waals surface area (Å²) < 4.78 is 28.0. The van der Waals surface area contributed by atoms with E-state index in [-0.39, 0.29) is 11.2 Å². The second kappa shape index (κ2) is 6.30. The number of pyridine rings is 1. The van der Waals surface area contributed by atoms with Gasteiger partial charge in [0, 0.05) is 49.5 Å². The van der Waals surface area contributed by atoms with Crippen molar-refractivity contribution in [1.82, 2.24) is 15.0 Å². The predicted octanol–water partition coefficient (Wildman–Crippen LogP) is 2.77. The maximum absolute atomic E-state index is 14.8. The summed E-state index contributed by atoms with van der Waals surface area (Å²) in [6.45, 7) is 8.34. The van der Waals surface area contributed by atoms with Crippen LogP contribution in [0.15, 0.2) is 24.7 Å². The Morgan fingerprint density at radius 2 is 1.62 bits per heavy atom. The maximum Gasteiger partial charge on any atom is 0.214 e. The summed E-state index contributed by atoms with van der Waals surface area (Å²) in [5, 5.41) is 0. The summed E-state index contributed by atoms with van der Waals surface area (Å²) in [7, 11) is 0. The van der Waals surface area contributed by atoms with Crippen LogP contribution in [-0.4, -0.2) is 41.1 Å². The van der Waals surface area contributed by atoms with Gasteiger partial charge in [-0.05, 0) is 6.07 Å². The van der Waals surface area contributed by atoms with Crippen LogP contribution >= 0.6 is 0 Å². The van der Waals surface area contributed by atoms with Gasteiger partial charge in [0.2, 0.25) is 5.95 Å². The second-order valence-corrected chi connectivity index (χ2v) is 6.92. The number of hydrogen-bond donors (Lipinski definition) is 0. The normalized spacial score (nSPS) is 15.7. The van der Waals surface area contributed by atoms with E-state index in [1.165, 1.54) is 18.6 Å². The molecule has 24 heavy (non-hydrogen) atoms. The van der Waals surface area contributed by atoms with Gasteiger partial charge in [-0.1, -0.05) is 20.8 Å². The molecule has 0 bridgehead atoms. The maximum atomic E-state index is 14.8. The predicted molar refractivity (Wildman–Crippen MR) is 89.3 cm³/mol. The van der Waals surface area contributed by atoms with Gasteiger partial charge in [0.1, 0.15) is 6.33 Å². The summed E-state index contributed by atoms with van der Waals surface area (Å²) >= 11 is 0. The minimum absolute atomic E-state index is 0.343. The van der Waals surface area contributed by atoms with Crippen LogP contribution in [0.5, 0.6) is 0 Å². The zero-order chi connectivity index (χ0) is 17.3. The zero-order valence-electron chi connectivity index (χ0n) is 14.1. The van der Waals surface area contributed by atoms with Crippen LogP contribution in [0.1, 0.15) is 26.5 Å². The first kappa shape index (κ1) is 16.5. The molecule has 0 aromatic carbocycles. The summed E-state index contributed by atoms with van der Waals surface area (Å²) in [5.41, 5.74) is 0.838. The number of anilines is 2. The van der Waals surface area contributed by atoms with Crippen molar-refractivity contribution >= 4 is 11.5 Å². The first-order chi connectivity index (χ1) is 11.4. The molecule has 2 aromatic heterocycles. The summed E-state index contributed by atoms with van der Waals surface area (Å²) in [5.74, 6) is -0.504. The van der Waals surface area contributed by atoms with Gasteiger partial charge in [0.15, 0.2) is 11.6 Å². The molecule has 1 fully saturated rings. The third kappa shape index (κ3) is 3.29. The molecule has 0 unspecified atom stereocenters. The van der Waals surface area contributed by atoms with Gasteiger partial charge in [-0.2, -0.15) is 4.39 Å². The van der Waals surface area contributed by atoms with Gasteiger partial charge < -0.3 is 9.80 Å². The minimum Gasteiger partial charge on any atom is -0.368 e. The van der Waals surface area contributed by atoms with Gasteiger partial charge in [-0.3, -0.25) is 0 Å². The van der Waals surface area contributed by atoms with E-state index in [0.29, 0.717) is 37.7 Å². The summed E-state index contributed by atoms with van der Waals surface area (Å²) in [4.78, 5) is 15.8. The Hall–Kier alpha value is -2.31. The first-order valence-electron chi connectivity index (χ1n) is 7.98. The second-order valence-electron chi connectivity index (χ2n) is 6.92. The van der Waals surface area contributed by atoms with Crippen LogP contribution < -0.4 is 9.80 Å². The molecule has 0 N–H and O–H groups in total. The molecule has 0 atom stereocenters. The Balaban J connectivity index is 1.76. The van der Waals surface area contributed by atoms with Crippen molar-refractivity contribution in [2.24, 2.45) is 0 Å². The average Bonchev–Trinajstić information content (AvgIpc) is 2.54. The number of hydrogen-bond acceptors (Lipinski definition) is 5. The van der Waals surface area contributed by atoms with Gasteiger partial charge in [-0.15, -0.1) is 0 Å². The molecule has 128 valence electrons. The lowest BCUT2D eigenvalue weighted by Crippen LogP contribution is -2.47. The molecule has 7 heteroatoms. The summed E-state index contributed by atoms with van der Waals surface area (Å²) in [6, 6.07) is 3.19. The smallest absolute Gasteiger partial charge is 0.214 e. The SMILES string of the molecule is CC(C)(C)c1ncnc(N2CCN(c3ccnc(F)c3)CC2)c1F. The van der Waals surface area contributed by atoms with Gasteiger partial charge in [0.25, 0.3) is 0 Å². The Morgan fingerprint density at radius 1 is 0.958 bits per heavy atom. The van der Waals surface area contributed by atoms with E-state index in [4.69, 9.17) is 0 Å². The van der Waals surface area contributed by atoms with Crippen molar-refractivity contribution in [3.8, 4) is 0 Å². The Morgan fingerprint density at radius 3 is 2.25 bits per heavy atom. The quantitative estimate of drug-likeness (QED) is 0.791. The van der Waals surface area contributed by atoms with Crippen molar-refractivity contribution in [2.45, 2.75) is 26.2 Å². The van der Waals surface area contributed by atoms with Gasteiger partial charge >= 0.3 is 0 Å². The molecule has 3 rings (SSSR count). The van der Waals surface area contributed by atoms with E-state index in [9.17, 15) is 8.78 Å². The highest BCUT2D eigenvalue weighted by Crippen LogP contribution is 2.28. The fourth-order valence-electron chi connectivity index (χ4n) is 2.87. The standard InChI is InChI=1S/C17H21F2N5/c1-17(2,3)15-14(19)16(22-11-21-15)24-8-6-23(7-9-24)12-4-5-20-13(18)10-12/h4-5,10-11H,6-9H2,1-3H3. The third-order valence-corrected chi connectivity index (χ3v) is 4.14. The fraction of sp³-hybridized carbons (Fsp3) is 0.471. The lowest BCUT2D eigenvalue weighted by atomic mass is 9.91. The Bertz CT molecular complexity index is 721. The lowest BCUT2D eigenvalue weighted by Gasteiger charge is -2.37. The van der Waals surface area contributed by atoms with E-state index in [2.05, 4.69) is 19.9 Å². The van der Waals surface area contributed by atoms with Crippen molar-refractivity contribution < 1.29 is 8.78 Å². The van der Waals surface area contributed by atoms with Crippen LogP contribution in [0.25, 0.3) is 0 Å². The zero-order valence-corrected chi connectivity index (χ0v) is 14.1. The average molecular weight is 333 g/mol. The molecular formula is C17H21F2N5. The fourth-order valence-corrected chi connectivity index (χ4v) is 2.87. The molecule has 1 saturated heterocycles. The first-order valence-corrected chi connectivity index (χ1v) is 7.98. The molecule has 0 saturated carbocycles. The number of halogens is 2. The monoisotopic (exact) mass is 333 g/mol. The van der Waals surface area contributed by atoms with Crippen molar-refractivity contribution in [3.63, 3.8) is 0 Å². The molecular weight excluding hydrogens is 312 g/mol. The number of rotatable bonds is 2. The molecule has 1 aliphatic rings. The van der Waals surface area contributed by atoms with E-state index in [0.717, 1.165) is 5.69 Å². The Labute approximate surface area is 140 Å². The topological polar surface area (TPSA) is 45.2 Å². The Kier molecular flexibility index (Phi) is 4.34. The third-order valence-electron chi connectivity index (χ3n) is 4.14. The largest absolute Gasteiger partial charge is 0.368 e. The van der Waals surface area contributed by atoms with E-state index in [1.54, 1.807) is 6.07 Å². The molecule has 0 amide bonds. The van der Waals surface area contributed by atoms with Crippen molar-refractivity contribution in [1.29, 1.82) is 0 Å². The van der Waals surface area contributed by atoms with E-state index >= 15 is 0 Å². The molecule has 1 aliphatic heterocycles. The summed E-state index contributed by atoms with van der Waals surface area (Å²) in [6.07, 6.45) is 2.88. The van der Waals surface area contributed by atoms with Crippen LogP contribution in [0.4, 0.5) is 20.3 Å². The number of aromatic nitrogens is 3. The molecule has 5 nitrogen and oxygen atoms in total. The minimum atomic E-state index is -0.494. The van der Waals surface area contributed by atoms with Crippen LogP contribution in [0.2, 0.25) is 0 Å². The van der Waals surface area contributed by atoms with Gasteiger partial charge in [-0.25, -0.2) is 19.3 Å². The molecule has 2 aromatic rings. The van der Waals surface area contributed by atoms with Gasteiger partial charge in [0.05, 0.1) is 5.69 Å². The van der Waals surface area contributed by atoms with Crippen LogP contribution in [0.3, 0.4) is 0 Å². The van der Waals surface area contributed by atoms with Crippen molar-refractivity contribution in [2.75, 3.05) is 36.0 Å². The van der Waals surface area contributed by atoms with Crippen LogP contribution in [-0.2, 0) is 5.41 Å². The molecule has 0 radical (unpaired) electrons. The number of piperazine rings is 1.